The summed E-state index contributed by atoms with van der Waals surface area (Å²) in [5.74, 6) is 1.47. The molecule has 2 amide bonds. The number of methoxy groups -OCH3 is 2. The van der Waals surface area contributed by atoms with Gasteiger partial charge in [0, 0.05) is 29.1 Å². The first-order valence-electron chi connectivity index (χ1n) is 14.2. The fourth-order valence-corrected chi connectivity index (χ4v) is 6.98. The van der Waals surface area contributed by atoms with E-state index < -0.39 is 5.97 Å². The van der Waals surface area contributed by atoms with E-state index in [1.165, 1.54) is 14.2 Å². The van der Waals surface area contributed by atoms with Crippen molar-refractivity contribution in [2.75, 3.05) is 19.5 Å². The third-order valence-corrected chi connectivity index (χ3v) is 9.25. The van der Waals surface area contributed by atoms with Gasteiger partial charge >= 0.3 is 12.0 Å². The molecule has 1 aromatic heterocycles. The molecule has 1 saturated carbocycles. The Bertz CT molecular complexity index is 1490. The van der Waals surface area contributed by atoms with Crippen molar-refractivity contribution in [2.24, 2.45) is 5.92 Å². The number of ether oxygens (including phenoxy) is 3. The third-order valence-electron chi connectivity index (χ3n) is 8.62. The zero-order valence-electron chi connectivity index (χ0n) is 23.7. The molecule has 1 aliphatic carbocycles. The summed E-state index contributed by atoms with van der Waals surface area (Å²) in [6.07, 6.45) is 4.37. The van der Waals surface area contributed by atoms with Gasteiger partial charge in [-0.2, -0.15) is 0 Å². The quantitative estimate of drug-likeness (QED) is 0.266. The summed E-state index contributed by atoms with van der Waals surface area (Å²) in [6, 6.07) is 10.0. The second-order valence-corrected chi connectivity index (χ2v) is 12.1. The van der Waals surface area contributed by atoms with Crippen LogP contribution in [0.25, 0.3) is 11.3 Å². The Morgan fingerprint density at radius 1 is 1.10 bits per heavy atom. The molecule has 1 N–H and O–H groups in total. The molecule has 0 spiro atoms. The summed E-state index contributed by atoms with van der Waals surface area (Å²) < 4.78 is 22.6. The van der Waals surface area contributed by atoms with E-state index in [4.69, 9.17) is 41.9 Å². The Hall–Kier alpha value is -3.27. The maximum absolute atomic E-state index is 13.6. The van der Waals surface area contributed by atoms with Gasteiger partial charge in [0.05, 0.1) is 48.2 Å². The van der Waals surface area contributed by atoms with Crippen molar-refractivity contribution in [2.45, 2.75) is 69.7 Å². The van der Waals surface area contributed by atoms with Crippen LogP contribution in [0.5, 0.6) is 5.75 Å². The number of carbonyl (C=O) groups excluding carboxylic acids is 2. The van der Waals surface area contributed by atoms with Crippen molar-refractivity contribution >= 4 is 40.9 Å². The second-order valence-electron chi connectivity index (χ2n) is 11.3. The highest BCUT2D eigenvalue weighted by molar-refractivity contribution is 6.39. The van der Waals surface area contributed by atoms with Crippen LogP contribution in [0.1, 0.15) is 66.6 Å². The number of benzene rings is 2. The first kappa shape index (κ1) is 28.8. The van der Waals surface area contributed by atoms with Gasteiger partial charge < -0.3 is 29.0 Å². The molecular weight excluding hydrogens is 581 g/mol. The molecular formula is C31H33Cl2N3O6. The van der Waals surface area contributed by atoms with Gasteiger partial charge in [0.1, 0.15) is 17.2 Å². The molecule has 11 heteroatoms. The summed E-state index contributed by atoms with van der Waals surface area (Å²) in [5, 5.41) is 8.37. The van der Waals surface area contributed by atoms with E-state index in [1.807, 2.05) is 4.90 Å². The topological polar surface area (TPSA) is 103 Å². The fraction of sp³-hybridized carbons (Fsp3) is 0.452. The molecule has 3 aromatic rings. The number of carbonyl (C=O) groups is 2. The van der Waals surface area contributed by atoms with Crippen LogP contribution in [0.15, 0.2) is 40.9 Å². The van der Waals surface area contributed by atoms with E-state index in [0.29, 0.717) is 69.6 Å². The SMILES string of the molecule is COC(=O)c1ccc(OC)c(NC(=O)N2C3C[C@H](OCc4c(-c5c(Cl)cccc5Cl)noc4C4CC4)CC2[C@H](C)C3)c1. The van der Waals surface area contributed by atoms with Crippen LogP contribution in [-0.2, 0) is 16.1 Å². The van der Waals surface area contributed by atoms with Crippen LogP contribution in [-0.4, -0.2) is 54.5 Å². The Morgan fingerprint density at radius 2 is 1.86 bits per heavy atom. The van der Waals surface area contributed by atoms with Crippen molar-refractivity contribution in [1.29, 1.82) is 0 Å². The van der Waals surface area contributed by atoms with Crippen molar-refractivity contribution in [3.8, 4) is 17.0 Å². The molecule has 0 radical (unpaired) electrons. The summed E-state index contributed by atoms with van der Waals surface area (Å²) in [7, 11) is 2.84. The number of rotatable bonds is 8. The molecule has 6 rings (SSSR count). The highest BCUT2D eigenvalue weighted by Gasteiger charge is 2.48. The summed E-state index contributed by atoms with van der Waals surface area (Å²) >= 11 is 13.1. The number of hydrogen-bond acceptors (Lipinski definition) is 7. The monoisotopic (exact) mass is 613 g/mol. The van der Waals surface area contributed by atoms with Gasteiger partial charge in [0.15, 0.2) is 0 Å². The molecule has 3 aliphatic rings. The summed E-state index contributed by atoms with van der Waals surface area (Å²) in [6.45, 7) is 2.50. The number of hydrogen-bond donors (Lipinski definition) is 1. The molecule has 2 bridgehead atoms. The lowest BCUT2D eigenvalue weighted by atomic mass is 9.97. The van der Waals surface area contributed by atoms with E-state index in [2.05, 4.69) is 17.4 Å². The molecule has 3 fully saturated rings. The van der Waals surface area contributed by atoms with Gasteiger partial charge in [-0.15, -0.1) is 0 Å². The maximum Gasteiger partial charge on any atom is 0.337 e. The minimum atomic E-state index is -0.488. The Labute approximate surface area is 254 Å². The first-order valence-corrected chi connectivity index (χ1v) is 14.9. The van der Waals surface area contributed by atoms with Gasteiger partial charge in [0.25, 0.3) is 0 Å². The smallest absolute Gasteiger partial charge is 0.337 e. The molecule has 3 heterocycles. The predicted octanol–water partition coefficient (Wildman–Crippen LogP) is 7.31. The maximum atomic E-state index is 13.6. The Balaban J connectivity index is 1.17. The van der Waals surface area contributed by atoms with E-state index in [9.17, 15) is 9.59 Å². The molecule has 2 aromatic carbocycles. The number of nitrogens with one attached hydrogen (secondary N) is 1. The molecule has 42 heavy (non-hydrogen) atoms. The number of piperidine rings is 1. The summed E-state index contributed by atoms with van der Waals surface area (Å²) in [4.78, 5) is 27.6. The highest BCUT2D eigenvalue weighted by atomic mass is 35.5. The molecule has 2 aliphatic heterocycles. The lowest BCUT2D eigenvalue weighted by molar-refractivity contribution is -0.0181. The van der Waals surface area contributed by atoms with Gasteiger partial charge in [-0.1, -0.05) is 41.3 Å². The van der Waals surface area contributed by atoms with Crippen LogP contribution < -0.4 is 10.1 Å². The van der Waals surface area contributed by atoms with Crippen LogP contribution in [0.4, 0.5) is 10.5 Å². The summed E-state index contributed by atoms with van der Waals surface area (Å²) in [5.41, 5.74) is 2.92. The predicted molar refractivity (Wildman–Crippen MR) is 158 cm³/mol. The van der Waals surface area contributed by atoms with Crippen LogP contribution in [0.3, 0.4) is 0 Å². The minimum Gasteiger partial charge on any atom is -0.495 e. The molecule has 222 valence electrons. The van der Waals surface area contributed by atoms with Crippen LogP contribution >= 0.6 is 23.2 Å². The first-order chi connectivity index (χ1) is 20.3. The molecule has 9 nitrogen and oxygen atoms in total. The standard InChI is InChI=1S/C31H33Cl2N3O6/c1-16-11-19-13-20(14-25(16)36(19)31(38)34-24-12-18(30(37)40-3)9-10-26(24)39-2)41-15-21-28(35-42-29(21)17-7-8-17)27-22(32)5-4-6-23(27)33/h4-6,9-10,12,16-17,19-20,25H,7-8,11,13-15H2,1-3H3,(H,34,38)/t16-,19?,20+,25?/m1/s1. The molecule has 2 unspecified atom stereocenters. The number of fused-ring (bicyclic) bond motifs is 2. The Kier molecular flexibility index (Phi) is 8.09. The van der Waals surface area contributed by atoms with Crippen molar-refractivity contribution in [3.63, 3.8) is 0 Å². The van der Waals surface area contributed by atoms with Crippen molar-refractivity contribution in [3.05, 3.63) is 63.3 Å². The zero-order valence-corrected chi connectivity index (χ0v) is 25.2. The minimum absolute atomic E-state index is 0.00592. The van der Waals surface area contributed by atoms with E-state index in [0.717, 1.165) is 30.6 Å². The molecule has 2 saturated heterocycles. The normalized spacial score (nSPS) is 23.1. The van der Waals surface area contributed by atoms with E-state index in [-0.39, 0.29) is 24.2 Å². The Morgan fingerprint density at radius 3 is 2.52 bits per heavy atom. The van der Waals surface area contributed by atoms with Gasteiger partial charge in [-0.3, -0.25) is 0 Å². The number of esters is 1. The largest absolute Gasteiger partial charge is 0.495 e. The second kappa shape index (κ2) is 11.8. The van der Waals surface area contributed by atoms with Gasteiger partial charge in [-0.05, 0) is 68.4 Å². The number of aromatic nitrogens is 1. The van der Waals surface area contributed by atoms with Gasteiger partial charge in [0.2, 0.25) is 0 Å². The van der Waals surface area contributed by atoms with E-state index >= 15 is 0 Å². The lowest BCUT2D eigenvalue weighted by Gasteiger charge is -2.39. The number of nitrogens with zero attached hydrogens (tertiary/aromatic N) is 2. The van der Waals surface area contributed by atoms with Crippen molar-refractivity contribution in [1.82, 2.24) is 10.1 Å². The average Bonchev–Trinajstić information content (AvgIpc) is 3.70. The van der Waals surface area contributed by atoms with E-state index in [1.54, 1.807) is 36.4 Å². The van der Waals surface area contributed by atoms with Crippen LogP contribution in [0.2, 0.25) is 10.0 Å². The third kappa shape index (κ3) is 5.45. The number of anilines is 1. The molecule has 4 atom stereocenters. The van der Waals surface area contributed by atoms with Crippen molar-refractivity contribution < 1.29 is 28.3 Å². The lowest BCUT2D eigenvalue weighted by Crippen LogP contribution is -2.51. The fourth-order valence-electron chi connectivity index (χ4n) is 6.40. The number of halogens is 2. The highest BCUT2D eigenvalue weighted by Crippen LogP contribution is 2.47. The van der Waals surface area contributed by atoms with Crippen LogP contribution in [0, 0.1) is 5.92 Å². The van der Waals surface area contributed by atoms with Gasteiger partial charge in [-0.25, -0.2) is 9.59 Å². The number of urea groups is 1. The average molecular weight is 615 g/mol. The number of amides is 2. The zero-order chi connectivity index (χ0) is 29.5.